The van der Waals surface area contributed by atoms with Crippen LogP contribution < -0.4 is 5.32 Å². The van der Waals surface area contributed by atoms with Crippen molar-refractivity contribution in [3.05, 3.63) is 35.6 Å². The summed E-state index contributed by atoms with van der Waals surface area (Å²) in [5.74, 6) is -0.0697. The Labute approximate surface area is 166 Å². The number of halogens is 1. The molecule has 3 aliphatic heterocycles. The topological polar surface area (TPSA) is 50.8 Å². The van der Waals surface area contributed by atoms with Gasteiger partial charge in [0.1, 0.15) is 12.4 Å². The number of likely N-dealkylation sites (tertiary alicyclic amines) is 1. The Bertz CT molecular complexity index is 665. The van der Waals surface area contributed by atoms with Gasteiger partial charge < -0.3 is 19.7 Å². The fourth-order valence-corrected chi connectivity index (χ4v) is 4.93. The molecular weight excluding hydrogens is 359 g/mol. The van der Waals surface area contributed by atoms with E-state index in [4.69, 9.17) is 9.47 Å². The van der Waals surface area contributed by atoms with E-state index in [2.05, 4.69) is 5.32 Å². The van der Waals surface area contributed by atoms with Gasteiger partial charge >= 0.3 is 0 Å². The van der Waals surface area contributed by atoms with E-state index in [9.17, 15) is 9.18 Å². The predicted molar refractivity (Wildman–Crippen MR) is 105 cm³/mol. The second-order valence-electron chi connectivity index (χ2n) is 8.25. The van der Waals surface area contributed by atoms with Crippen molar-refractivity contribution in [3.63, 3.8) is 0 Å². The molecule has 3 heterocycles. The number of ether oxygens (including phenoxy) is 2. The maximum absolute atomic E-state index is 13.8. The van der Waals surface area contributed by atoms with Crippen LogP contribution in [0.2, 0.25) is 0 Å². The first-order chi connectivity index (χ1) is 13.7. The predicted octanol–water partition coefficient (Wildman–Crippen LogP) is 2.85. The molecule has 4 atom stereocenters. The second-order valence-corrected chi connectivity index (χ2v) is 8.25. The number of fused-ring (bicyclic) bond motifs is 1. The van der Waals surface area contributed by atoms with Gasteiger partial charge in [-0.2, -0.15) is 0 Å². The van der Waals surface area contributed by atoms with Crippen LogP contribution in [0.1, 0.15) is 50.0 Å². The minimum Gasteiger partial charge on any atom is -0.376 e. The van der Waals surface area contributed by atoms with Crippen molar-refractivity contribution in [2.45, 2.75) is 62.6 Å². The number of carbonyl (C=O) groups excluding carboxylic acids is 1. The molecule has 3 saturated heterocycles. The maximum atomic E-state index is 13.8. The summed E-state index contributed by atoms with van der Waals surface area (Å²) in [6, 6.07) is 7.15. The van der Waals surface area contributed by atoms with Gasteiger partial charge in [0.15, 0.2) is 0 Å². The Kier molecular flexibility index (Phi) is 6.60. The molecule has 28 heavy (non-hydrogen) atoms. The number of nitrogens with one attached hydrogen (secondary N) is 1. The highest BCUT2D eigenvalue weighted by Crippen LogP contribution is 2.36. The van der Waals surface area contributed by atoms with E-state index in [1.165, 1.54) is 12.5 Å². The van der Waals surface area contributed by atoms with Crippen LogP contribution in [0.5, 0.6) is 0 Å². The second kappa shape index (κ2) is 9.33. The summed E-state index contributed by atoms with van der Waals surface area (Å²) in [7, 11) is 0. The quantitative estimate of drug-likeness (QED) is 0.840. The Morgan fingerprint density at radius 3 is 3.00 bits per heavy atom. The van der Waals surface area contributed by atoms with Crippen molar-refractivity contribution in [3.8, 4) is 0 Å². The lowest BCUT2D eigenvalue weighted by Crippen LogP contribution is -2.47. The fraction of sp³-hybridized carbons (Fsp3) is 0.682. The Hall–Kier alpha value is -1.50. The third-order valence-corrected chi connectivity index (χ3v) is 6.35. The molecule has 0 aromatic heterocycles. The standard InChI is InChI=1S/C22H31FN2O3/c23-17-7-4-6-16(12-17)19-13-25(20-9-2-1-3-10-24-22(19)20)21(26)15-27-14-18-8-5-11-28-18/h4,6-7,12,18-20,22,24H,1-3,5,8-11,13-15H2/t18?,19-,20+,22-/m0/s1. The highest BCUT2D eigenvalue weighted by molar-refractivity contribution is 5.78. The van der Waals surface area contributed by atoms with E-state index in [1.54, 1.807) is 12.1 Å². The van der Waals surface area contributed by atoms with Crippen molar-refractivity contribution in [2.24, 2.45) is 0 Å². The molecule has 0 aliphatic carbocycles. The summed E-state index contributed by atoms with van der Waals surface area (Å²) in [6.07, 6.45) is 6.64. The van der Waals surface area contributed by atoms with Crippen molar-refractivity contribution in [2.75, 3.05) is 32.9 Å². The molecule has 0 saturated carbocycles. The molecule has 1 N–H and O–H groups in total. The highest BCUT2D eigenvalue weighted by atomic mass is 19.1. The molecule has 0 bridgehead atoms. The third kappa shape index (κ3) is 4.56. The first-order valence-corrected chi connectivity index (χ1v) is 10.7. The van der Waals surface area contributed by atoms with Crippen molar-refractivity contribution in [1.29, 1.82) is 0 Å². The Morgan fingerprint density at radius 2 is 2.18 bits per heavy atom. The zero-order chi connectivity index (χ0) is 19.3. The van der Waals surface area contributed by atoms with Crippen LogP contribution in [-0.2, 0) is 14.3 Å². The first-order valence-electron chi connectivity index (χ1n) is 10.7. The number of nitrogens with zero attached hydrogens (tertiary/aromatic N) is 1. The molecule has 0 radical (unpaired) electrons. The number of rotatable bonds is 5. The zero-order valence-corrected chi connectivity index (χ0v) is 16.4. The largest absolute Gasteiger partial charge is 0.376 e. The maximum Gasteiger partial charge on any atom is 0.248 e. The monoisotopic (exact) mass is 390 g/mol. The van der Waals surface area contributed by atoms with E-state index in [0.717, 1.165) is 50.8 Å². The van der Waals surface area contributed by atoms with Gasteiger partial charge in [-0.15, -0.1) is 0 Å². The summed E-state index contributed by atoms with van der Waals surface area (Å²) in [6.45, 7) is 2.94. The lowest BCUT2D eigenvalue weighted by Gasteiger charge is -2.31. The molecule has 5 nitrogen and oxygen atoms in total. The molecule has 1 unspecified atom stereocenters. The van der Waals surface area contributed by atoms with Crippen LogP contribution in [0.3, 0.4) is 0 Å². The van der Waals surface area contributed by atoms with Crippen LogP contribution >= 0.6 is 0 Å². The lowest BCUT2D eigenvalue weighted by atomic mass is 9.88. The van der Waals surface area contributed by atoms with E-state index in [1.807, 2.05) is 11.0 Å². The Balaban J connectivity index is 1.45. The number of carbonyl (C=O) groups is 1. The van der Waals surface area contributed by atoms with Gasteiger partial charge in [0.2, 0.25) is 5.91 Å². The van der Waals surface area contributed by atoms with Gasteiger partial charge in [-0.1, -0.05) is 25.0 Å². The van der Waals surface area contributed by atoms with Gasteiger partial charge in [-0.05, 0) is 49.9 Å². The summed E-state index contributed by atoms with van der Waals surface area (Å²) in [5, 5.41) is 3.66. The van der Waals surface area contributed by atoms with Gasteiger partial charge in [0.25, 0.3) is 0 Å². The van der Waals surface area contributed by atoms with E-state index in [0.29, 0.717) is 13.2 Å². The van der Waals surface area contributed by atoms with E-state index < -0.39 is 0 Å². The molecule has 154 valence electrons. The van der Waals surface area contributed by atoms with Gasteiger partial charge in [-0.25, -0.2) is 4.39 Å². The molecule has 0 spiro atoms. The molecule has 3 aliphatic rings. The smallest absolute Gasteiger partial charge is 0.248 e. The third-order valence-electron chi connectivity index (χ3n) is 6.35. The number of amides is 1. The first kappa shape index (κ1) is 19.8. The number of hydrogen-bond donors (Lipinski definition) is 1. The normalized spacial score (nSPS) is 30.7. The van der Waals surface area contributed by atoms with Crippen molar-refractivity contribution < 1.29 is 18.7 Å². The molecule has 4 rings (SSSR count). The molecular formula is C22H31FN2O3. The minimum absolute atomic E-state index is 0.0364. The SMILES string of the molecule is O=C(COCC1CCCO1)N1C[C@@H](c2cccc(F)c2)[C@@H]2NCCCCC[C@H]21. The van der Waals surface area contributed by atoms with Crippen LogP contribution in [0, 0.1) is 5.82 Å². The molecule has 1 aromatic carbocycles. The fourth-order valence-electron chi connectivity index (χ4n) is 4.93. The summed E-state index contributed by atoms with van der Waals surface area (Å²) < 4.78 is 25.1. The zero-order valence-electron chi connectivity index (χ0n) is 16.4. The van der Waals surface area contributed by atoms with Crippen LogP contribution in [0.15, 0.2) is 24.3 Å². The molecule has 6 heteroatoms. The van der Waals surface area contributed by atoms with Crippen molar-refractivity contribution in [1.82, 2.24) is 10.2 Å². The lowest BCUT2D eigenvalue weighted by molar-refractivity contribution is -0.138. The molecule has 1 aromatic rings. The van der Waals surface area contributed by atoms with Crippen LogP contribution in [0.4, 0.5) is 4.39 Å². The summed E-state index contributed by atoms with van der Waals surface area (Å²) in [4.78, 5) is 15.0. The molecule has 3 fully saturated rings. The Morgan fingerprint density at radius 1 is 1.25 bits per heavy atom. The van der Waals surface area contributed by atoms with Crippen LogP contribution in [0.25, 0.3) is 0 Å². The van der Waals surface area contributed by atoms with Crippen LogP contribution in [-0.4, -0.2) is 61.9 Å². The summed E-state index contributed by atoms with van der Waals surface area (Å²) in [5.41, 5.74) is 0.971. The van der Waals surface area contributed by atoms with Gasteiger partial charge in [0, 0.05) is 31.2 Å². The van der Waals surface area contributed by atoms with Gasteiger partial charge in [-0.3, -0.25) is 4.79 Å². The molecule has 1 amide bonds. The van der Waals surface area contributed by atoms with E-state index >= 15 is 0 Å². The minimum atomic E-state index is -0.218. The average Bonchev–Trinajstić information content (AvgIpc) is 3.29. The van der Waals surface area contributed by atoms with Crippen molar-refractivity contribution >= 4 is 5.91 Å². The highest BCUT2D eigenvalue weighted by Gasteiger charge is 2.44. The number of benzene rings is 1. The average molecular weight is 390 g/mol. The van der Waals surface area contributed by atoms with Gasteiger partial charge in [0.05, 0.1) is 12.7 Å². The summed E-state index contributed by atoms with van der Waals surface area (Å²) >= 11 is 0. The van der Waals surface area contributed by atoms with E-state index in [-0.39, 0.29) is 42.4 Å². The number of hydrogen-bond acceptors (Lipinski definition) is 4.